The van der Waals surface area contributed by atoms with Gasteiger partial charge in [0.1, 0.15) is 5.78 Å². The summed E-state index contributed by atoms with van der Waals surface area (Å²) in [5.74, 6) is 1.15. The minimum Gasteiger partial charge on any atom is -0.299 e. The van der Waals surface area contributed by atoms with Crippen LogP contribution in [0.4, 0.5) is 0 Å². The third-order valence-electron chi connectivity index (χ3n) is 3.88. The second-order valence-electron chi connectivity index (χ2n) is 5.21. The molecule has 1 unspecified atom stereocenters. The smallest absolute Gasteiger partial charge is 0.147 e. The third-order valence-corrected chi connectivity index (χ3v) is 6.10. The summed E-state index contributed by atoms with van der Waals surface area (Å²) >= 11 is 5.35. The van der Waals surface area contributed by atoms with E-state index in [-0.39, 0.29) is 11.7 Å². The van der Waals surface area contributed by atoms with E-state index in [0.29, 0.717) is 6.42 Å². The van der Waals surface area contributed by atoms with E-state index in [4.69, 9.17) is 0 Å². The van der Waals surface area contributed by atoms with Gasteiger partial charge in [0.25, 0.3) is 0 Å². The number of ketones is 1. The standard InChI is InChI=1S/C16H17BrN2OS/c1-3-19-13(16(17)10(2)18-19)8-14(20)12-9-21-15-7-5-4-6-11(12)15/h4-7,12H,3,8-9H2,1-2H3. The van der Waals surface area contributed by atoms with Gasteiger partial charge in [-0.2, -0.15) is 5.10 Å². The number of aromatic nitrogens is 2. The molecule has 21 heavy (non-hydrogen) atoms. The van der Waals surface area contributed by atoms with Gasteiger partial charge in [-0.3, -0.25) is 9.48 Å². The average molecular weight is 365 g/mol. The molecule has 2 heterocycles. The first-order valence-electron chi connectivity index (χ1n) is 7.08. The maximum Gasteiger partial charge on any atom is 0.147 e. The highest BCUT2D eigenvalue weighted by Gasteiger charge is 2.30. The van der Waals surface area contributed by atoms with Crippen LogP contribution >= 0.6 is 27.7 Å². The zero-order valence-electron chi connectivity index (χ0n) is 12.1. The lowest BCUT2D eigenvalue weighted by Gasteiger charge is -2.11. The Bertz CT molecular complexity index is 696. The van der Waals surface area contributed by atoms with E-state index in [1.54, 1.807) is 11.8 Å². The third kappa shape index (κ3) is 2.69. The number of thioether (sulfide) groups is 1. The molecule has 0 fully saturated rings. The summed E-state index contributed by atoms with van der Waals surface area (Å²) in [6.45, 7) is 4.80. The summed E-state index contributed by atoms with van der Waals surface area (Å²) in [4.78, 5) is 14.0. The molecule has 0 aliphatic carbocycles. The van der Waals surface area contributed by atoms with Crippen molar-refractivity contribution in [1.82, 2.24) is 9.78 Å². The van der Waals surface area contributed by atoms with E-state index in [9.17, 15) is 4.79 Å². The number of carbonyl (C=O) groups excluding carboxylic acids is 1. The second kappa shape index (κ2) is 5.97. The molecule has 0 saturated heterocycles. The SMILES string of the molecule is CCn1nc(C)c(Br)c1CC(=O)C1CSc2ccccc21. The molecule has 3 nitrogen and oxygen atoms in total. The van der Waals surface area contributed by atoms with Crippen molar-refractivity contribution in [2.75, 3.05) is 5.75 Å². The van der Waals surface area contributed by atoms with Crippen LogP contribution in [0.5, 0.6) is 0 Å². The Morgan fingerprint density at radius 3 is 3.00 bits per heavy atom. The van der Waals surface area contributed by atoms with Crippen molar-refractivity contribution in [3.63, 3.8) is 0 Å². The Morgan fingerprint density at radius 1 is 1.48 bits per heavy atom. The largest absolute Gasteiger partial charge is 0.299 e. The second-order valence-corrected chi connectivity index (χ2v) is 7.06. The molecule has 1 aromatic carbocycles. The fourth-order valence-corrected chi connectivity index (χ4v) is 4.44. The van der Waals surface area contributed by atoms with Crippen LogP contribution in [0.15, 0.2) is 33.6 Å². The van der Waals surface area contributed by atoms with Crippen LogP contribution in [0.3, 0.4) is 0 Å². The molecular formula is C16H17BrN2OS. The quantitative estimate of drug-likeness (QED) is 0.822. The van der Waals surface area contributed by atoms with Crippen molar-refractivity contribution >= 4 is 33.5 Å². The minimum atomic E-state index is 0.0126. The topological polar surface area (TPSA) is 34.9 Å². The molecule has 0 spiro atoms. The predicted octanol–water partition coefficient (Wildman–Crippen LogP) is 3.98. The van der Waals surface area contributed by atoms with Crippen LogP contribution in [0.25, 0.3) is 0 Å². The number of benzene rings is 1. The summed E-state index contributed by atoms with van der Waals surface area (Å²) in [5, 5.41) is 4.47. The van der Waals surface area contributed by atoms with Gasteiger partial charge in [0.05, 0.1) is 28.2 Å². The summed E-state index contributed by atoms with van der Waals surface area (Å²) in [5.41, 5.74) is 3.12. The molecule has 0 radical (unpaired) electrons. The lowest BCUT2D eigenvalue weighted by Crippen LogP contribution is -2.17. The Balaban J connectivity index is 1.85. The van der Waals surface area contributed by atoms with Gasteiger partial charge in [-0.25, -0.2) is 0 Å². The van der Waals surface area contributed by atoms with Gasteiger partial charge >= 0.3 is 0 Å². The lowest BCUT2D eigenvalue weighted by atomic mass is 9.94. The van der Waals surface area contributed by atoms with E-state index in [0.717, 1.165) is 28.2 Å². The molecule has 0 bridgehead atoms. The zero-order valence-corrected chi connectivity index (χ0v) is 14.5. The number of fused-ring (bicyclic) bond motifs is 1. The maximum atomic E-state index is 12.7. The first kappa shape index (κ1) is 14.9. The fraction of sp³-hybridized carbons (Fsp3) is 0.375. The first-order chi connectivity index (χ1) is 10.1. The normalized spacial score (nSPS) is 17.0. The van der Waals surface area contributed by atoms with Gasteiger partial charge in [-0.1, -0.05) is 18.2 Å². The molecule has 0 N–H and O–H groups in total. The lowest BCUT2D eigenvalue weighted by molar-refractivity contribution is -0.119. The highest BCUT2D eigenvalue weighted by Crippen LogP contribution is 2.40. The van der Waals surface area contributed by atoms with Crippen LogP contribution < -0.4 is 0 Å². The Labute approximate surface area is 137 Å². The van der Waals surface area contributed by atoms with Gasteiger partial charge in [0.15, 0.2) is 0 Å². The number of hydrogen-bond acceptors (Lipinski definition) is 3. The van der Waals surface area contributed by atoms with E-state index in [1.165, 1.54) is 10.5 Å². The van der Waals surface area contributed by atoms with Crippen molar-refractivity contribution < 1.29 is 4.79 Å². The molecule has 1 aliphatic rings. The summed E-state index contributed by atoms with van der Waals surface area (Å²) in [6, 6.07) is 8.23. The summed E-state index contributed by atoms with van der Waals surface area (Å²) < 4.78 is 2.89. The number of rotatable bonds is 4. The molecule has 1 atom stereocenters. The molecule has 2 aromatic rings. The number of hydrogen-bond donors (Lipinski definition) is 0. The van der Waals surface area contributed by atoms with E-state index >= 15 is 0 Å². The highest BCUT2D eigenvalue weighted by molar-refractivity contribution is 9.10. The Hall–Kier alpha value is -1.07. The monoisotopic (exact) mass is 364 g/mol. The molecule has 1 aliphatic heterocycles. The zero-order chi connectivity index (χ0) is 15.0. The number of Topliss-reactive ketones (excluding diaryl/α,β-unsaturated/α-hetero) is 1. The molecule has 5 heteroatoms. The number of halogens is 1. The van der Waals surface area contributed by atoms with Gasteiger partial charge in [0.2, 0.25) is 0 Å². The van der Waals surface area contributed by atoms with Gasteiger partial charge in [0, 0.05) is 17.2 Å². The number of aryl methyl sites for hydroxylation is 2. The van der Waals surface area contributed by atoms with Crippen LogP contribution in [-0.4, -0.2) is 21.3 Å². The van der Waals surface area contributed by atoms with Crippen LogP contribution in [0.2, 0.25) is 0 Å². The van der Waals surface area contributed by atoms with Crippen LogP contribution in [-0.2, 0) is 17.8 Å². The molecule has 3 rings (SSSR count). The maximum absolute atomic E-state index is 12.7. The number of carbonyl (C=O) groups is 1. The first-order valence-corrected chi connectivity index (χ1v) is 8.86. The summed E-state index contributed by atoms with van der Waals surface area (Å²) in [7, 11) is 0. The van der Waals surface area contributed by atoms with Crippen molar-refractivity contribution in [3.05, 3.63) is 45.7 Å². The number of nitrogens with zero attached hydrogens (tertiary/aromatic N) is 2. The minimum absolute atomic E-state index is 0.0126. The van der Waals surface area contributed by atoms with Gasteiger partial charge in [-0.15, -0.1) is 11.8 Å². The van der Waals surface area contributed by atoms with Crippen molar-refractivity contribution in [3.8, 4) is 0 Å². The Morgan fingerprint density at radius 2 is 2.24 bits per heavy atom. The summed E-state index contributed by atoms with van der Waals surface area (Å²) in [6.07, 6.45) is 0.439. The molecule has 1 aromatic heterocycles. The van der Waals surface area contributed by atoms with Crippen molar-refractivity contribution in [2.45, 2.75) is 37.6 Å². The molecular weight excluding hydrogens is 348 g/mol. The van der Waals surface area contributed by atoms with E-state index in [2.05, 4.69) is 33.2 Å². The Kier molecular flexibility index (Phi) is 4.22. The van der Waals surface area contributed by atoms with E-state index < -0.39 is 0 Å². The van der Waals surface area contributed by atoms with E-state index in [1.807, 2.05) is 30.7 Å². The van der Waals surface area contributed by atoms with Crippen LogP contribution in [0, 0.1) is 6.92 Å². The molecule has 0 amide bonds. The molecule has 110 valence electrons. The average Bonchev–Trinajstić information content (AvgIpc) is 3.03. The highest BCUT2D eigenvalue weighted by atomic mass is 79.9. The fourth-order valence-electron chi connectivity index (χ4n) is 2.76. The van der Waals surface area contributed by atoms with Crippen molar-refractivity contribution in [2.24, 2.45) is 0 Å². The van der Waals surface area contributed by atoms with Gasteiger partial charge in [-0.05, 0) is 41.4 Å². The molecule has 0 saturated carbocycles. The predicted molar refractivity (Wildman–Crippen MR) is 89.0 cm³/mol. The van der Waals surface area contributed by atoms with Crippen molar-refractivity contribution in [1.29, 1.82) is 0 Å². The van der Waals surface area contributed by atoms with Crippen LogP contribution in [0.1, 0.15) is 29.8 Å². The van der Waals surface area contributed by atoms with Gasteiger partial charge < -0.3 is 0 Å².